The standard InChI is InChI=1S/C16H22N2O2/c1-12(2)8-9-18-11-15(19)17-14(16(18)20)10-13-6-4-3-5-7-13/h3-7,12,14H,8-11H2,1-2H3,(H,17,19). The van der Waals surface area contributed by atoms with Gasteiger partial charge in [-0.25, -0.2) is 0 Å². The van der Waals surface area contributed by atoms with Gasteiger partial charge in [0.1, 0.15) is 6.04 Å². The summed E-state index contributed by atoms with van der Waals surface area (Å²) in [5.41, 5.74) is 1.07. The van der Waals surface area contributed by atoms with E-state index in [0.717, 1.165) is 12.0 Å². The van der Waals surface area contributed by atoms with Crippen LogP contribution in [0, 0.1) is 5.92 Å². The Morgan fingerprint density at radius 2 is 1.95 bits per heavy atom. The molecular formula is C16H22N2O2. The van der Waals surface area contributed by atoms with E-state index >= 15 is 0 Å². The molecule has 0 aliphatic carbocycles. The zero-order valence-electron chi connectivity index (χ0n) is 12.1. The smallest absolute Gasteiger partial charge is 0.245 e. The van der Waals surface area contributed by atoms with Gasteiger partial charge in [0.25, 0.3) is 0 Å². The minimum Gasteiger partial charge on any atom is -0.342 e. The predicted molar refractivity (Wildman–Crippen MR) is 78.1 cm³/mol. The average molecular weight is 274 g/mol. The highest BCUT2D eigenvalue weighted by atomic mass is 16.2. The first-order valence-corrected chi connectivity index (χ1v) is 7.18. The molecule has 0 bridgehead atoms. The molecule has 0 radical (unpaired) electrons. The van der Waals surface area contributed by atoms with Crippen molar-refractivity contribution in [2.24, 2.45) is 5.92 Å². The van der Waals surface area contributed by atoms with Gasteiger partial charge >= 0.3 is 0 Å². The molecule has 1 fully saturated rings. The van der Waals surface area contributed by atoms with Crippen LogP contribution >= 0.6 is 0 Å². The molecule has 1 aliphatic heterocycles. The van der Waals surface area contributed by atoms with Gasteiger partial charge in [0.2, 0.25) is 11.8 Å². The Hall–Kier alpha value is -1.84. The maximum Gasteiger partial charge on any atom is 0.245 e. The van der Waals surface area contributed by atoms with E-state index in [1.165, 1.54) is 0 Å². The topological polar surface area (TPSA) is 49.4 Å². The second-order valence-corrected chi connectivity index (χ2v) is 5.75. The number of rotatable bonds is 5. The average Bonchev–Trinajstić information content (AvgIpc) is 2.42. The lowest BCUT2D eigenvalue weighted by Gasteiger charge is -2.33. The molecule has 0 aromatic heterocycles. The number of carbonyl (C=O) groups is 2. The molecule has 1 atom stereocenters. The number of nitrogens with zero attached hydrogens (tertiary/aromatic N) is 1. The first kappa shape index (κ1) is 14.6. The highest BCUT2D eigenvalue weighted by Gasteiger charge is 2.32. The Balaban J connectivity index is 2.01. The van der Waals surface area contributed by atoms with Gasteiger partial charge in [0.15, 0.2) is 0 Å². The number of amides is 2. The van der Waals surface area contributed by atoms with E-state index in [4.69, 9.17) is 0 Å². The van der Waals surface area contributed by atoms with Crippen molar-refractivity contribution in [2.45, 2.75) is 32.7 Å². The molecule has 1 aromatic rings. The van der Waals surface area contributed by atoms with Gasteiger partial charge in [-0.2, -0.15) is 0 Å². The molecule has 0 saturated carbocycles. The second kappa shape index (κ2) is 6.55. The number of hydrogen-bond acceptors (Lipinski definition) is 2. The number of hydrogen-bond donors (Lipinski definition) is 1. The summed E-state index contributed by atoms with van der Waals surface area (Å²) in [6.45, 7) is 5.10. The van der Waals surface area contributed by atoms with Gasteiger partial charge in [0, 0.05) is 13.0 Å². The molecule has 1 aromatic carbocycles. The first-order valence-electron chi connectivity index (χ1n) is 7.18. The summed E-state index contributed by atoms with van der Waals surface area (Å²) in [6, 6.07) is 9.37. The summed E-state index contributed by atoms with van der Waals surface area (Å²) in [5, 5.41) is 2.80. The Labute approximate surface area is 120 Å². The molecule has 20 heavy (non-hydrogen) atoms. The zero-order chi connectivity index (χ0) is 14.5. The Kier molecular flexibility index (Phi) is 4.77. The van der Waals surface area contributed by atoms with E-state index < -0.39 is 6.04 Å². The molecule has 0 spiro atoms. The summed E-state index contributed by atoms with van der Waals surface area (Å²) in [4.78, 5) is 25.8. The van der Waals surface area contributed by atoms with Crippen LogP contribution in [0.1, 0.15) is 25.8 Å². The molecular weight excluding hydrogens is 252 g/mol. The SMILES string of the molecule is CC(C)CCN1CC(=O)NC(Cc2ccccc2)C1=O. The van der Waals surface area contributed by atoms with Crippen LogP contribution in [-0.4, -0.2) is 35.8 Å². The van der Waals surface area contributed by atoms with Crippen LogP contribution in [0.25, 0.3) is 0 Å². The molecule has 1 saturated heterocycles. The fourth-order valence-electron chi connectivity index (χ4n) is 2.36. The number of benzene rings is 1. The third-order valence-corrected chi connectivity index (χ3v) is 3.54. The summed E-state index contributed by atoms with van der Waals surface area (Å²) in [5.74, 6) is 0.503. The van der Waals surface area contributed by atoms with Gasteiger partial charge < -0.3 is 10.2 Å². The van der Waals surface area contributed by atoms with E-state index in [0.29, 0.717) is 18.9 Å². The zero-order valence-corrected chi connectivity index (χ0v) is 12.1. The highest BCUT2D eigenvalue weighted by Crippen LogP contribution is 2.11. The third-order valence-electron chi connectivity index (χ3n) is 3.54. The van der Waals surface area contributed by atoms with Crippen LogP contribution < -0.4 is 5.32 Å². The normalized spacial score (nSPS) is 19.4. The van der Waals surface area contributed by atoms with Crippen LogP contribution in [0.3, 0.4) is 0 Å². The van der Waals surface area contributed by atoms with Gasteiger partial charge in [0.05, 0.1) is 6.54 Å². The maximum atomic E-state index is 12.4. The minimum atomic E-state index is -0.425. The lowest BCUT2D eigenvalue weighted by molar-refractivity contribution is -0.144. The Bertz CT molecular complexity index is 471. The number of carbonyl (C=O) groups excluding carboxylic acids is 2. The van der Waals surface area contributed by atoms with Crippen molar-refractivity contribution in [1.29, 1.82) is 0 Å². The lowest BCUT2D eigenvalue weighted by Crippen LogP contribution is -2.58. The number of nitrogens with one attached hydrogen (secondary N) is 1. The molecule has 1 unspecified atom stereocenters. The van der Waals surface area contributed by atoms with Crippen LogP contribution in [0.5, 0.6) is 0 Å². The Morgan fingerprint density at radius 1 is 1.25 bits per heavy atom. The van der Waals surface area contributed by atoms with E-state index in [1.54, 1.807) is 4.90 Å². The van der Waals surface area contributed by atoms with Gasteiger partial charge in [-0.05, 0) is 17.9 Å². The van der Waals surface area contributed by atoms with E-state index in [-0.39, 0.29) is 18.4 Å². The Morgan fingerprint density at radius 3 is 2.60 bits per heavy atom. The highest BCUT2D eigenvalue weighted by molar-refractivity contribution is 5.95. The van der Waals surface area contributed by atoms with Crippen molar-refractivity contribution in [3.63, 3.8) is 0 Å². The van der Waals surface area contributed by atoms with Crippen LogP contribution in [-0.2, 0) is 16.0 Å². The van der Waals surface area contributed by atoms with E-state index in [1.807, 2.05) is 30.3 Å². The first-order chi connectivity index (χ1) is 9.56. The van der Waals surface area contributed by atoms with Crippen molar-refractivity contribution in [2.75, 3.05) is 13.1 Å². The monoisotopic (exact) mass is 274 g/mol. The second-order valence-electron chi connectivity index (χ2n) is 5.75. The third kappa shape index (κ3) is 3.83. The molecule has 1 aliphatic rings. The molecule has 2 amide bonds. The maximum absolute atomic E-state index is 12.4. The van der Waals surface area contributed by atoms with Gasteiger partial charge in [-0.1, -0.05) is 44.2 Å². The van der Waals surface area contributed by atoms with Crippen LogP contribution in [0.4, 0.5) is 0 Å². The van der Waals surface area contributed by atoms with Crippen molar-refractivity contribution in [3.05, 3.63) is 35.9 Å². The molecule has 2 rings (SSSR count). The molecule has 1 heterocycles. The minimum absolute atomic E-state index is 0.0362. The summed E-state index contributed by atoms with van der Waals surface area (Å²) < 4.78 is 0. The van der Waals surface area contributed by atoms with Gasteiger partial charge in [-0.15, -0.1) is 0 Å². The van der Waals surface area contributed by atoms with Crippen molar-refractivity contribution < 1.29 is 9.59 Å². The van der Waals surface area contributed by atoms with Crippen molar-refractivity contribution >= 4 is 11.8 Å². The fraction of sp³-hybridized carbons (Fsp3) is 0.500. The predicted octanol–water partition coefficient (Wildman–Crippen LogP) is 1.60. The fourth-order valence-corrected chi connectivity index (χ4v) is 2.36. The van der Waals surface area contributed by atoms with Crippen LogP contribution in [0.2, 0.25) is 0 Å². The van der Waals surface area contributed by atoms with E-state index in [2.05, 4.69) is 19.2 Å². The lowest BCUT2D eigenvalue weighted by atomic mass is 10.0. The quantitative estimate of drug-likeness (QED) is 0.886. The summed E-state index contributed by atoms with van der Waals surface area (Å²) in [6.07, 6.45) is 1.49. The van der Waals surface area contributed by atoms with Gasteiger partial charge in [-0.3, -0.25) is 9.59 Å². The van der Waals surface area contributed by atoms with Crippen LogP contribution in [0.15, 0.2) is 30.3 Å². The molecule has 4 heteroatoms. The summed E-state index contributed by atoms with van der Waals surface area (Å²) in [7, 11) is 0. The van der Waals surface area contributed by atoms with Crippen molar-refractivity contribution in [3.8, 4) is 0 Å². The van der Waals surface area contributed by atoms with E-state index in [9.17, 15) is 9.59 Å². The van der Waals surface area contributed by atoms with Crippen molar-refractivity contribution in [1.82, 2.24) is 10.2 Å². The summed E-state index contributed by atoms with van der Waals surface area (Å²) >= 11 is 0. The largest absolute Gasteiger partial charge is 0.342 e. The molecule has 1 N–H and O–H groups in total. The number of piperazine rings is 1. The molecule has 108 valence electrons. The molecule has 4 nitrogen and oxygen atoms in total.